The summed E-state index contributed by atoms with van der Waals surface area (Å²) in [5.41, 5.74) is -0.186. The van der Waals surface area contributed by atoms with E-state index in [1.807, 2.05) is 5.32 Å². The normalized spacial score (nSPS) is 13.6. The summed E-state index contributed by atoms with van der Waals surface area (Å²) >= 11 is 11.0. The average Bonchev–Trinajstić information content (AvgIpc) is 2.22. The molecule has 0 saturated carbocycles. The van der Waals surface area contributed by atoms with Gasteiger partial charge in [-0.05, 0) is 12.1 Å². The van der Waals surface area contributed by atoms with Crippen molar-refractivity contribution in [1.82, 2.24) is 4.98 Å². The number of anilines is 1. The minimum atomic E-state index is -5.77. The van der Waals surface area contributed by atoms with Crippen LogP contribution in [0.4, 0.5) is 27.6 Å². The van der Waals surface area contributed by atoms with Crippen LogP contribution in [0.15, 0.2) is 17.1 Å². The molecule has 0 fully saturated rings. The minimum absolute atomic E-state index is 0.166. The Morgan fingerprint density at radius 1 is 1.16 bits per heavy atom. The largest absolute Gasteiger partial charge is 0.461 e. The predicted octanol–water partition coefficient (Wildman–Crippen LogP) is 4.03. The zero-order chi connectivity index (χ0) is 14.8. The van der Waals surface area contributed by atoms with Gasteiger partial charge in [0.25, 0.3) is 0 Å². The number of nitrogens with zero attached hydrogens (tertiary/aromatic N) is 2. The highest BCUT2D eigenvalue weighted by Gasteiger charge is 2.61. The van der Waals surface area contributed by atoms with E-state index in [2.05, 4.69) is 9.98 Å². The summed E-state index contributed by atoms with van der Waals surface area (Å²) < 4.78 is 62.8. The highest BCUT2D eigenvalue weighted by molar-refractivity contribution is 6.33. The number of pyridine rings is 1. The van der Waals surface area contributed by atoms with E-state index in [4.69, 9.17) is 23.2 Å². The minimum Gasteiger partial charge on any atom is -0.338 e. The van der Waals surface area contributed by atoms with Crippen LogP contribution in [-0.2, 0) is 0 Å². The molecule has 0 aliphatic carbocycles. The lowest BCUT2D eigenvalue weighted by molar-refractivity contribution is -0.249. The van der Waals surface area contributed by atoms with Gasteiger partial charge in [0.05, 0.1) is 0 Å². The number of aromatic nitrogens is 1. The van der Waals surface area contributed by atoms with Crippen molar-refractivity contribution in [2.45, 2.75) is 12.1 Å². The standard InChI is InChI=1S/C9H6Cl2F5N3/c1-17-7(8(12,13)9(14,15)16)18-4-2-5(10)19-6(11)3-4/h2-3H,1H3,(H,17,18,19). The first-order valence-electron chi connectivity index (χ1n) is 4.60. The van der Waals surface area contributed by atoms with Gasteiger partial charge in [-0.15, -0.1) is 0 Å². The first-order chi connectivity index (χ1) is 8.57. The van der Waals surface area contributed by atoms with Crippen molar-refractivity contribution in [2.75, 3.05) is 12.4 Å². The lowest BCUT2D eigenvalue weighted by atomic mass is 10.2. The van der Waals surface area contributed by atoms with Gasteiger partial charge in [-0.2, -0.15) is 22.0 Å². The fraction of sp³-hybridized carbons (Fsp3) is 0.333. The Morgan fingerprint density at radius 2 is 1.63 bits per heavy atom. The number of alkyl halides is 5. The smallest absolute Gasteiger partial charge is 0.338 e. The Kier molecular flexibility index (Phi) is 4.57. The molecular formula is C9H6Cl2F5N3. The highest BCUT2D eigenvalue weighted by atomic mass is 35.5. The van der Waals surface area contributed by atoms with Crippen LogP contribution in [0, 0.1) is 0 Å². The second kappa shape index (κ2) is 5.46. The monoisotopic (exact) mass is 321 g/mol. The highest BCUT2D eigenvalue weighted by Crippen LogP contribution is 2.37. The molecular weight excluding hydrogens is 316 g/mol. The first kappa shape index (κ1) is 15.9. The lowest BCUT2D eigenvalue weighted by Crippen LogP contribution is -2.47. The number of rotatable bonds is 2. The number of amidine groups is 1. The molecule has 10 heteroatoms. The molecule has 1 rings (SSSR count). The van der Waals surface area contributed by atoms with Crippen molar-refractivity contribution in [1.29, 1.82) is 0 Å². The maximum Gasteiger partial charge on any atom is 0.461 e. The molecule has 1 heterocycles. The number of hydrogen-bond acceptors (Lipinski definition) is 2. The first-order valence-corrected chi connectivity index (χ1v) is 5.35. The molecule has 0 bridgehead atoms. The molecule has 1 N–H and O–H groups in total. The molecule has 0 aliphatic heterocycles. The van der Waals surface area contributed by atoms with Gasteiger partial charge >= 0.3 is 12.1 Å². The van der Waals surface area contributed by atoms with E-state index in [1.165, 1.54) is 0 Å². The average molecular weight is 322 g/mol. The molecule has 1 aromatic rings. The van der Waals surface area contributed by atoms with Crippen LogP contribution in [0.1, 0.15) is 0 Å². The molecule has 0 aliphatic rings. The Morgan fingerprint density at radius 3 is 2.00 bits per heavy atom. The molecule has 0 atom stereocenters. The van der Waals surface area contributed by atoms with Crippen LogP contribution in [0.2, 0.25) is 10.3 Å². The summed E-state index contributed by atoms with van der Waals surface area (Å²) in [6, 6.07) is 2.07. The van der Waals surface area contributed by atoms with Crippen LogP contribution >= 0.6 is 23.2 Å². The van der Waals surface area contributed by atoms with Gasteiger partial charge in [-0.3, -0.25) is 4.99 Å². The maximum absolute atomic E-state index is 13.1. The Balaban J connectivity index is 3.08. The van der Waals surface area contributed by atoms with Crippen molar-refractivity contribution < 1.29 is 22.0 Å². The third-order valence-electron chi connectivity index (χ3n) is 1.90. The van der Waals surface area contributed by atoms with Crippen LogP contribution in [0.3, 0.4) is 0 Å². The third kappa shape index (κ3) is 3.66. The quantitative estimate of drug-likeness (QED) is 0.386. The molecule has 0 spiro atoms. The van der Waals surface area contributed by atoms with E-state index >= 15 is 0 Å². The lowest BCUT2D eigenvalue weighted by Gasteiger charge is -2.22. The van der Waals surface area contributed by atoms with Gasteiger partial charge in [0, 0.05) is 12.7 Å². The maximum atomic E-state index is 13.1. The molecule has 1 aromatic heterocycles. The second-order valence-corrected chi connectivity index (χ2v) is 4.05. The fourth-order valence-corrected chi connectivity index (χ4v) is 1.54. The van der Waals surface area contributed by atoms with Crippen LogP contribution < -0.4 is 5.32 Å². The summed E-state index contributed by atoms with van der Waals surface area (Å²) in [5, 5.41) is 1.50. The predicted molar refractivity (Wildman–Crippen MR) is 62.2 cm³/mol. The van der Waals surface area contributed by atoms with Gasteiger partial charge in [-0.1, -0.05) is 23.2 Å². The van der Waals surface area contributed by atoms with Crippen molar-refractivity contribution in [2.24, 2.45) is 4.99 Å². The van der Waals surface area contributed by atoms with E-state index < -0.39 is 17.9 Å². The SMILES string of the molecule is CN=C(Nc1cc(Cl)nc(Cl)c1)C(F)(F)C(F)(F)F. The molecule has 19 heavy (non-hydrogen) atoms. The molecule has 0 radical (unpaired) electrons. The number of aliphatic imine (C=N–C) groups is 1. The molecule has 106 valence electrons. The summed E-state index contributed by atoms with van der Waals surface area (Å²) in [6.45, 7) is 0. The second-order valence-electron chi connectivity index (χ2n) is 3.27. The molecule has 0 saturated heterocycles. The molecule has 0 amide bonds. The number of nitrogens with one attached hydrogen (secondary N) is 1. The summed E-state index contributed by atoms with van der Waals surface area (Å²) in [5.74, 6) is -6.69. The van der Waals surface area contributed by atoms with E-state index in [-0.39, 0.29) is 16.0 Å². The zero-order valence-electron chi connectivity index (χ0n) is 9.19. The van der Waals surface area contributed by atoms with Crippen molar-refractivity contribution in [3.63, 3.8) is 0 Å². The van der Waals surface area contributed by atoms with Gasteiger partial charge in [0.1, 0.15) is 10.3 Å². The molecule has 0 unspecified atom stereocenters. The van der Waals surface area contributed by atoms with Crippen LogP contribution in [0.25, 0.3) is 0 Å². The summed E-state index contributed by atoms with van der Waals surface area (Å²) in [7, 11) is 0.798. The zero-order valence-corrected chi connectivity index (χ0v) is 10.7. The van der Waals surface area contributed by atoms with E-state index in [0.29, 0.717) is 0 Å². The topological polar surface area (TPSA) is 37.3 Å². The summed E-state index contributed by atoms with van der Waals surface area (Å²) in [6.07, 6.45) is -5.77. The van der Waals surface area contributed by atoms with E-state index in [9.17, 15) is 22.0 Å². The van der Waals surface area contributed by atoms with Crippen molar-refractivity contribution in [3.05, 3.63) is 22.4 Å². The Bertz CT molecular complexity index is 481. The van der Waals surface area contributed by atoms with Gasteiger partial charge < -0.3 is 5.32 Å². The van der Waals surface area contributed by atoms with Crippen molar-refractivity contribution in [3.8, 4) is 0 Å². The Labute approximate surface area is 114 Å². The van der Waals surface area contributed by atoms with Gasteiger partial charge in [-0.25, -0.2) is 4.98 Å². The third-order valence-corrected chi connectivity index (χ3v) is 2.29. The number of hydrogen-bond donors (Lipinski definition) is 1. The van der Waals surface area contributed by atoms with E-state index in [0.717, 1.165) is 19.2 Å². The molecule has 3 nitrogen and oxygen atoms in total. The van der Waals surface area contributed by atoms with Gasteiger partial charge in [0.15, 0.2) is 5.84 Å². The summed E-state index contributed by atoms with van der Waals surface area (Å²) in [4.78, 5) is 6.43. The fourth-order valence-electron chi connectivity index (χ4n) is 1.08. The molecule has 0 aromatic carbocycles. The van der Waals surface area contributed by atoms with Gasteiger partial charge in [0.2, 0.25) is 0 Å². The Hall–Kier alpha value is -1.15. The van der Waals surface area contributed by atoms with Crippen LogP contribution in [0.5, 0.6) is 0 Å². The van der Waals surface area contributed by atoms with Crippen LogP contribution in [-0.4, -0.2) is 30.0 Å². The van der Waals surface area contributed by atoms with E-state index in [1.54, 1.807) is 0 Å². The van der Waals surface area contributed by atoms with Crippen molar-refractivity contribution >= 4 is 34.7 Å². The number of halogens is 7.